The van der Waals surface area contributed by atoms with Crippen molar-refractivity contribution in [3.05, 3.63) is 60.2 Å². The summed E-state index contributed by atoms with van der Waals surface area (Å²) >= 11 is 0. The van der Waals surface area contributed by atoms with Crippen molar-refractivity contribution in [1.82, 2.24) is 19.8 Å². The van der Waals surface area contributed by atoms with Crippen molar-refractivity contribution in [2.24, 2.45) is 5.92 Å². The highest BCUT2D eigenvalue weighted by molar-refractivity contribution is 5.74. The molecule has 2 aliphatic heterocycles. The Balaban J connectivity index is 0.000000791. The lowest BCUT2D eigenvalue weighted by molar-refractivity contribution is -0.193. The van der Waals surface area contributed by atoms with Gasteiger partial charge in [0.1, 0.15) is 0 Å². The van der Waals surface area contributed by atoms with E-state index >= 15 is 0 Å². The fraction of sp³-hybridized carbons (Fsp3) is 0.500. The van der Waals surface area contributed by atoms with Gasteiger partial charge in [-0.1, -0.05) is 12.1 Å². The Hall–Kier alpha value is -4.78. The summed E-state index contributed by atoms with van der Waals surface area (Å²) in [7, 11) is 1.86. The van der Waals surface area contributed by atoms with Crippen LogP contribution in [0.25, 0.3) is 0 Å². The minimum absolute atomic E-state index is 0.365. The lowest BCUT2D eigenvalue weighted by Gasteiger charge is -2.41. The number of hydrogen-bond donors (Lipinski definition) is 4. The minimum atomic E-state index is -5.08. The van der Waals surface area contributed by atoms with Crippen molar-refractivity contribution in [1.29, 1.82) is 0 Å². The first-order valence-corrected chi connectivity index (χ1v) is 14.1. The molecule has 0 aliphatic carbocycles. The van der Waals surface area contributed by atoms with Crippen molar-refractivity contribution >= 4 is 23.9 Å². The molecule has 0 unspecified atom stereocenters. The number of alkyl halides is 12. The third-order valence-electron chi connectivity index (χ3n) is 6.55. The van der Waals surface area contributed by atoms with E-state index in [2.05, 4.69) is 38.0 Å². The first-order valence-electron chi connectivity index (χ1n) is 14.1. The zero-order valence-corrected chi connectivity index (χ0v) is 26.7. The molecule has 13 nitrogen and oxygen atoms in total. The number of carbonyl (C=O) groups is 4. The van der Waals surface area contributed by atoms with Gasteiger partial charge in [-0.15, -0.1) is 0 Å². The van der Waals surface area contributed by atoms with Crippen LogP contribution in [0.4, 0.5) is 52.7 Å². The van der Waals surface area contributed by atoms with E-state index in [4.69, 9.17) is 44.3 Å². The highest BCUT2D eigenvalue weighted by atomic mass is 19.4. The molecule has 25 heteroatoms. The molecular formula is C28H30F12N4O9. The standard InChI is InChI=1S/C20H26N4O.4C2HF3O2/c1-25-20-7-10-24(13-17-6-2-3-9-22-17)19-15-23(14-18(19)20)12-16-5-4-8-21-11-16;4*3-2(4,5)1(6)7/h2-6,8-9,11,18-20H,7,10,12-15H2,1H3;4*(H,6,7)/t18-,19+,20-;;;;/m0..../s1. The lowest BCUT2D eigenvalue weighted by atomic mass is 9.89. The van der Waals surface area contributed by atoms with E-state index < -0.39 is 48.6 Å². The first kappa shape index (κ1) is 48.2. The van der Waals surface area contributed by atoms with Gasteiger partial charge in [0, 0.05) is 70.4 Å². The summed E-state index contributed by atoms with van der Waals surface area (Å²) in [6.07, 6.45) is -13.2. The summed E-state index contributed by atoms with van der Waals surface area (Å²) in [4.78, 5) is 49.5. The van der Waals surface area contributed by atoms with Gasteiger partial charge in [-0.05, 0) is 30.2 Å². The second-order valence-corrected chi connectivity index (χ2v) is 10.4. The van der Waals surface area contributed by atoms with E-state index in [1.807, 2.05) is 37.8 Å². The van der Waals surface area contributed by atoms with E-state index in [1.54, 1.807) is 0 Å². The number of fused-ring (bicyclic) bond motifs is 1. The average molecular weight is 795 g/mol. The van der Waals surface area contributed by atoms with Crippen molar-refractivity contribution in [2.75, 3.05) is 26.7 Å². The van der Waals surface area contributed by atoms with E-state index in [1.165, 1.54) is 5.56 Å². The van der Waals surface area contributed by atoms with Crippen LogP contribution in [0.5, 0.6) is 0 Å². The summed E-state index contributed by atoms with van der Waals surface area (Å²) in [6, 6.07) is 10.9. The van der Waals surface area contributed by atoms with Crippen LogP contribution < -0.4 is 0 Å². The number of nitrogens with zero attached hydrogens (tertiary/aromatic N) is 4. The van der Waals surface area contributed by atoms with Gasteiger partial charge >= 0.3 is 48.6 Å². The number of carboxylic acid groups (broad SMARTS) is 4. The molecule has 300 valence electrons. The molecular weight excluding hydrogens is 764 g/mol. The van der Waals surface area contributed by atoms with E-state index in [0.717, 1.165) is 44.8 Å². The van der Waals surface area contributed by atoms with Crippen LogP contribution in [-0.4, -0.2) is 128 Å². The van der Waals surface area contributed by atoms with Crippen molar-refractivity contribution < 1.29 is 97.0 Å². The second kappa shape index (κ2) is 21.1. The van der Waals surface area contributed by atoms with Crippen LogP contribution in [0, 0.1) is 5.92 Å². The topological polar surface area (TPSA) is 191 Å². The number of aliphatic carboxylic acids is 4. The van der Waals surface area contributed by atoms with Gasteiger partial charge in [-0.25, -0.2) is 19.2 Å². The molecule has 2 saturated heterocycles. The molecule has 2 aliphatic rings. The number of likely N-dealkylation sites (tertiary alicyclic amines) is 2. The normalized spacial score (nSPS) is 18.8. The van der Waals surface area contributed by atoms with Gasteiger partial charge in [0.25, 0.3) is 0 Å². The number of piperidine rings is 1. The largest absolute Gasteiger partial charge is 0.490 e. The Kier molecular flexibility index (Phi) is 19.2. The molecule has 4 rings (SSSR count). The number of carboxylic acids is 4. The zero-order valence-electron chi connectivity index (χ0n) is 26.7. The number of hydrogen-bond acceptors (Lipinski definition) is 9. The Morgan fingerprint density at radius 1 is 0.717 bits per heavy atom. The maximum absolute atomic E-state index is 10.6. The molecule has 3 atom stereocenters. The van der Waals surface area contributed by atoms with Gasteiger partial charge in [-0.3, -0.25) is 19.8 Å². The number of pyridine rings is 2. The molecule has 4 N–H and O–H groups in total. The van der Waals surface area contributed by atoms with Crippen LogP contribution in [0.2, 0.25) is 0 Å². The second-order valence-electron chi connectivity index (χ2n) is 10.4. The van der Waals surface area contributed by atoms with Gasteiger partial charge < -0.3 is 25.2 Å². The molecule has 2 fully saturated rings. The van der Waals surface area contributed by atoms with Gasteiger partial charge in [0.2, 0.25) is 0 Å². The maximum Gasteiger partial charge on any atom is 0.490 e. The third-order valence-corrected chi connectivity index (χ3v) is 6.55. The average Bonchev–Trinajstić information content (AvgIpc) is 3.46. The summed E-state index contributed by atoms with van der Waals surface area (Å²) in [5.74, 6) is -10.5. The third kappa shape index (κ3) is 19.6. The molecule has 2 aromatic heterocycles. The minimum Gasteiger partial charge on any atom is -0.475 e. The Morgan fingerprint density at radius 2 is 1.19 bits per heavy atom. The highest BCUT2D eigenvalue weighted by Gasteiger charge is 2.44. The predicted octanol–water partition coefficient (Wildman–Crippen LogP) is 4.73. The zero-order chi connectivity index (χ0) is 41.4. The number of ether oxygens (including phenoxy) is 1. The molecule has 0 saturated carbocycles. The molecule has 0 aromatic carbocycles. The summed E-state index contributed by atoms with van der Waals surface area (Å²) < 4.78 is 133. The molecule has 4 heterocycles. The Labute approximate surface area is 290 Å². The molecule has 2 aromatic rings. The van der Waals surface area contributed by atoms with Crippen LogP contribution >= 0.6 is 0 Å². The molecule has 0 radical (unpaired) electrons. The van der Waals surface area contributed by atoms with Crippen molar-refractivity contribution in [2.45, 2.75) is 56.4 Å². The number of aromatic nitrogens is 2. The van der Waals surface area contributed by atoms with Crippen LogP contribution in [0.1, 0.15) is 17.7 Å². The molecule has 0 amide bonds. The van der Waals surface area contributed by atoms with Gasteiger partial charge in [0.05, 0.1) is 11.8 Å². The predicted molar refractivity (Wildman–Crippen MR) is 152 cm³/mol. The highest BCUT2D eigenvalue weighted by Crippen LogP contribution is 2.34. The summed E-state index contributed by atoms with van der Waals surface area (Å²) in [5.41, 5.74) is 2.44. The van der Waals surface area contributed by atoms with E-state index in [9.17, 15) is 52.7 Å². The smallest absolute Gasteiger partial charge is 0.475 e. The van der Waals surface area contributed by atoms with Crippen molar-refractivity contribution in [3.8, 4) is 0 Å². The summed E-state index contributed by atoms with van der Waals surface area (Å²) in [6.45, 7) is 5.16. The monoisotopic (exact) mass is 794 g/mol. The summed E-state index contributed by atoms with van der Waals surface area (Å²) in [5, 5.41) is 28.5. The van der Waals surface area contributed by atoms with Gasteiger partial charge in [-0.2, -0.15) is 52.7 Å². The molecule has 53 heavy (non-hydrogen) atoms. The quantitative estimate of drug-likeness (QED) is 0.304. The van der Waals surface area contributed by atoms with Gasteiger partial charge in [0.15, 0.2) is 0 Å². The van der Waals surface area contributed by atoms with Crippen LogP contribution in [-0.2, 0) is 37.0 Å². The number of rotatable bonds is 5. The fourth-order valence-electron chi connectivity index (χ4n) is 4.39. The molecule has 0 spiro atoms. The first-order chi connectivity index (χ1) is 24.1. The van der Waals surface area contributed by atoms with E-state index in [-0.39, 0.29) is 0 Å². The maximum atomic E-state index is 10.6. The van der Waals surface area contributed by atoms with E-state index in [0.29, 0.717) is 18.1 Å². The number of methoxy groups -OCH3 is 1. The molecule has 0 bridgehead atoms. The number of halogens is 12. The fourth-order valence-corrected chi connectivity index (χ4v) is 4.39. The SMILES string of the molecule is CO[C@H]1CCN(Cc2ccccn2)[C@@H]2CN(Cc3cccnc3)C[C@H]12.O=C(O)C(F)(F)F.O=C(O)C(F)(F)F.O=C(O)C(F)(F)F.O=C(O)C(F)(F)F. The Morgan fingerprint density at radius 3 is 1.55 bits per heavy atom. The lowest BCUT2D eigenvalue weighted by Crippen LogP contribution is -2.50. The Bertz CT molecular complexity index is 1330. The van der Waals surface area contributed by atoms with Crippen molar-refractivity contribution in [3.63, 3.8) is 0 Å². The van der Waals surface area contributed by atoms with Crippen LogP contribution in [0.15, 0.2) is 48.9 Å². The van der Waals surface area contributed by atoms with Crippen LogP contribution in [0.3, 0.4) is 0 Å².